The molecule has 0 spiro atoms. The Balaban J connectivity index is 2.07. The van der Waals surface area contributed by atoms with E-state index in [4.69, 9.17) is 0 Å². The quantitative estimate of drug-likeness (QED) is 0.665. The van der Waals surface area contributed by atoms with E-state index in [0.717, 1.165) is 10.5 Å². The molecule has 142 valence electrons. The van der Waals surface area contributed by atoms with Gasteiger partial charge in [-0.2, -0.15) is 0 Å². The fourth-order valence-corrected chi connectivity index (χ4v) is 3.38. The Morgan fingerprint density at radius 1 is 1.00 bits per heavy atom. The molecule has 7 heteroatoms. The van der Waals surface area contributed by atoms with Crippen molar-refractivity contribution in [2.45, 2.75) is 30.9 Å². The van der Waals surface area contributed by atoms with E-state index in [1.807, 2.05) is 25.1 Å². The Morgan fingerprint density at radius 2 is 1.67 bits per heavy atom. The highest BCUT2D eigenvalue weighted by Gasteiger charge is 2.19. The number of amides is 3. The van der Waals surface area contributed by atoms with Crippen molar-refractivity contribution in [3.05, 3.63) is 53.6 Å². The van der Waals surface area contributed by atoms with Crippen LogP contribution < -0.4 is 16.0 Å². The van der Waals surface area contributed by atoms with E-state index in [1.54, 1.807) is 38.2 Å². The number of carbonyl (C=O) groups excluding carboxylic acids is 3. The van der Waals surface area contributed by atoms with Gasteiger partial charge in [0.25, 0.3) is 5.91 Å². The third kappa shape index (κ3) is 5.59. The van der Waals surface area contributed by atoms with Gasteiger partial charge in [0.2, 0.25) is 11.8 Å². The van der Waals surface area contributed by atoms with Crippen LogP contribution in [0.1, 0.15) is 29.8 Å². The molecular weight excluding hydrogens is 362 g/mol. The topological polar surface area (TPSA) is 87.3 Å². The highest BCUT2D eigenvalue weighted by molar-refractivity contribution is 8.00. The lowest BCUT2D eigenvalue weighted by Gasteiger charge is -2.16. The molecule has 0 bridgehead atoms. The monoisotopic (exact) mass is 385 g/mol. The molecule has 6 nitrogen and oxygen atoms in total. The van der Waals surface area contributed by atoms with Crippen LogP contribution in [0.4, 0.5) is 11.4 Å². The molecule has 3 N–H and O–H groups in total. The Kier molecular flexibility index (Phi) is 7.01. The Labute approximate surface area is 163 Å². The molecule has 0 fully saturated rings. The molecule has 0 aliphatic rings. The van der Waals surface area contributed by atoms with Gasteiger partial charge < -0.3 is 16.0 Å². The van der Waals surface area contributed by atoms with Gasteiger partial charge in [-0.3, -0.25) is 14.4 Å². The largest absolute Gasteiger partial charge is 0.355 e. The summed E-state index contributed by atoms with van der Waals surface area (Å²) in [5.41, 5.74) is 2.46. The lowest BCUT2D eigenvalue weighted by Crippen LogP contribution is -2.26. The Hall–Kier alpha value is -2.80. The Bertz CT molecular complexity index is 850. The van der Waals surface area contributed by atoms with Gasteiger partial charge in [0, 0.05) is 24.6 Å². The predicted octanol–water partition coefficient (Wildman–Crippen LogP) is 3.43. The van der Waals surface area contributed by atoms with Crippen LogP contribution in [0, 0.1) is 6.92 Å². The minimum atomic E-state index is -0.366. The SMILES string of the molecule is CNC(=O)c1c(C)cccc1NC(=O)C(C)Sc1ccc(NC(C)=O)cc1. The average Bonchev–Trinajstić information content (AvgIpc) is 2.62. The van der Waals surface area contributed by atoms with Gasteiger partial charge in [-0.15, -0.1) is 11.8 Å². The van der Waals surface area contributed by atoms with Crippen LogP contribution in [-0.2, 0) is 9.59 Å². The van der Waals surface area contributed by atoms with Gasteiger partial charge in [-0.1, -0.05) is 12.1 Å². The first-order chi connectivity index (χ1) is 12.8. The Morgan fingerprint density at radius 3 is 2.26 bits per heavy atom. The van der Waals surface area contributed by atoms with Gasteiger partial charge in [-0.05, 0) is 49.7 Å². The summed E-state index contributed by atoms with van der Waals surface area (Å²) in [5, 5.41) is 7.78. The van der Waals surface area contributed by atoms with Crippen LogP contribution in [0.15, 0.2) is 47.4 Å². The first-order valence-corrected chi connectivity index (χ1v) is 9.36. The van der Waals surface area contributed by atoms with Crippen LogP contribution in [0.5, 0.6) is 0 Å². The van der Waals surface area contributed by atoms with E-state index in [2.05, 4.69) is 16.0 Å². The number of thioether (sulfide) groups is 1. The zero-order valence-corrected chi connectivity index (χ0v) is 16.6. The maximum atomic E-state index is 12.6. The van der Waals surface area contributed by atoms with Crippen molar-refractivity contribution in [2.75, 3.05) is 17.7 Å². The van der Waals surface area contributed by atoms with Crippen molar-refractivity contribution in [3.63, 3.8) is 0 Å². The van der Waals surface area contributed by atoms with Crippen LogP contribution in [0.2, 0.25) is 0 Å². The molecule has 27 heavy (non-hydrogen) atoms. The van der Waals surface area contributed by atoms with E-state index >= 15 is 0 Å². The molecule has 0 saturated heterocycles. The van der Waals surface area contributed by atoms with E-state index in [-0.39, 0.29) is 23.0 Å². The van der Waals surface area contributed by atoms with Gasteiger partial charge >= 0.3 is 0 Å². The zero-order chi connectivity index (χ0) is 20.0. The predicted molar refractivity (Wildman–Crippen MR) is 109 cm³/mol. The van der Waals surface area contributed by atoms with E-state index < -0.39 is 0 Å². The van der Waals surface area contributed by atoms with Crippen LogP contribution in [-0.4, -0.2) is 30.0 Å². The van der Waals surface area contributed by atoms with Crippen molar-refractivity contribution in [2.24, 2.45) is 0 Å². The fraction of sp³-hybridized carbons (Fsp3) is 0.250. The molecule has 0 aliphatic heterocycles. The molecule has 0 saturated carbocycles. The normalized spacial score (nSPS) is 11.4. The second kappa shape index (κ2) is 9.23. The minimum Gasteiger partial charge on any atom is -0.355 e. The van der Waals surface area contributed by atoms with E-state index in [9.17, 15) is 14.4 Å². The number of hydrogen-bond acceptors (Lipinski definition) is 4. The number of hydrogen-bond donors (Lipinski definition) is 3. The maximum Gasteiger partial charge on any atom is 0.253 e. The van der Waals surface area contributed by atoms with E-state index in [0.29, 0.717) is 16.9 Å². The molecular formula is C20H23N3O3S. The number of carbonyl (C=O) groups is 3. The third-order valence-electron chi connectivity index (χ3n) is 3.84. The highest BCUT2D eigenvalue weighted by atomic mass is 32.2. The molecule has 2 rings (SSSR count). The van der Waals surface area contributed by atoms with Crippen molar-refractivity contribution in [1.82, 2.24) is 5.32 Å². The third-order valence-corrected chi connectivity index (χ3v) is 4.95. The standard InChI is InChI=1S/C20H23N3O3S/c1-12-6-5-7-17(18(12)20(26)21-4)23-19(25)13(2)27-16-10-8-15(9-11-16)22-14(3)24/h5-11,13H,1-4H3,(H,21,26)(H,22,24)(H,23,25). The summed E-state index contributed by atoms with van der Waals surface area (Å²) in [4.78, 5) is 36.7. The summed E-state index contributed by atoms with van der Waals surface area (Å²) >= 11 is 1.40. The van der Waals surface area contributed by atoms with Gasteiger partial charge in [0.1, 0.15) is 0 Å². The summed E-state index contributed by atoms with van der Waals surface area (Å²) in [6, 6.07) is 12.6. The zero-order valence-electron chi connectivity index (χ0n) is 15.8. The molecule has 0 aromatic heterocycles. The molecule has 1 atom stereocenters. The van der Waals surface area contributed by atoms with Crippen molar-refractivity contribution < 1.29 is 14.4 Å². The van der Waals surface area contributed by atoms with Crippen molar-refractivity contribution in [1.29, 1.82) is 0 Å². The summed E-state index contributed by atoms with van der Waals surface area (Å²) < 4.78 is 0. The molecule has 2 aromatic carbocycles. The van der Waals surface area contributed by atoms with Crippen molar-refractivity contribution in [3.8, 4) is 0 Å². The molecule has 0 aliphatic carbocycles. The fourth-order valence-electron chi connectivity index (χ4n) is 2.51. The summed E-state index contributed by atoms with van der Waals surface area (Å²) in [6.07, 6.45) is 0. The minimum absolute atomic E-state index is 0.131. The smallest absolute Gasteiger partial charge is 0.253 e. The van der Waals surface area contributed by atoms with E-state index in [1.165, 1.54) is 18.7 Å². The number of aryl methyl sites for hydroxylation is 1. The lowest BCUT2D eigenvalue weighted by molar-refractivity contribution is -0.115. The average molecular weight is 385 g/mol. The van der Waals surface area contributed by atoms with Crippen molar-refractivity contribution >= 4 is 40.9 Å². The number of rotatable bonds is 6. The maximum absolute atomic E-state index is 12.6. The molecule has 3 amide bonds. The number of nitrogens with one attached hydrogen (secondary N) is 3. The summed E-state index contributed by atoms with van der Waals surface area (Å²) in [7, 11) is 1.56. The van der Waals surface area contributed by atoms with Gasteiger partial charge in [0.15, 0.2) is 0 Å². The number of benzene rings is 2. The second-order valence-corrected chi connectivity index (χ2v) is 7.45. The van der Waals surface area contributed by atoms with Crippen LogP contribution >= 0.6 is 11.8 Å². The molecule has 2 aromatic rings. The molecule has 0 radical (unpaired) electrons. The highest BCUT2D eigenvalue weighted by Crippen LogP contribution is 2.27. The number of anilines is 2. The molecule has 1 unspecified atom stereocenters. The molecule has 0 heterocycles. The van der Waals surface area contributed by atoms with Crippen LogP contribution in [0.25, 0.3) is 0 Å². The lowest BCUT2D eigenvalue weighted by atomic mass is 10.1. The first-order valence-electron chi connectivity index (χ1n) is 8.48. The summed E-state index contributed by atoms with van der Waals surface area (Å²) in [5.74, 6) is -0.563. The van der Waals surface area contributed by atoms with Gasteiger partial charge in [-0.25, -0.2) is 0 Å². The summed E-state index contributed by atoms with van der Waals surface area (Å²) in [6.45, 7) is 5.08. The van der Waals surface area contributed by atoms with Crippen LogP contribution in [0.3, 0.4) is 0 Å². The second-order valence-electron chi connectivity index (χ2n) is 6.03. The van der Waals surface area contributed by atoms with Gasteiger partial charge in [0.05, 0.1) is 16.5 Å². The first kappa shape index (κ1) is 20.5.